The molecule has 0 saturated carbocycles. The van der Waals surface area contributed by atoms with E-state index in [4.69, 9.17) is 34.8 Å². The molecule has 188 valence electrons. The minimum atomic E-state index is -4.80. The van der Waals surface area contributed by atoms with Crippen LogP contribution in [0.5, 0.6) is 0 Å². The molecule has 2 aliphatic rings. The highest BCUT2D eigenvalue weighted by atomic mass is 35.5. The van der Waals surface area contributed by atoms with Crippen molar-refractivity contribution in [2.24, 2.45) is 4.40 Å². The van der Waals surface area contributed by atoms with Gasteiger partial charge in [-0.25, -0.2) is 17.6 Å². The maximum Gasteiger partial charge on any atom is 0.409 e. The summed E-state index contributed by atoms with van der Waals surface area (Å²) < 4.78 is 84.8. The Morgan fingerprint density at radius 1 is 1.00 bits per heavy atom. The first kappa shape index (κ1) is 26.4. The summed E-state index contributed by atoms with van der Waals surface area (Å²) in [6.45, 7) is -0.270. The normalized spacial score (nSPS) is 22.3. The summed E-state index contributed by atoms with van der Waals surface area (Å²) >= 11 is 18.0. The van der Waals surface area contributed by atoms with Gasteiger partial charge in [0.1, 0.15) is 0 Å². The van der Waals surface area contributed by atoms with Crippen molar-refractivity contribution in [2.45, 2.75) is 36.1 Å². The molecule has 0 N–H and O–H groups in total. The Kier molecular flexibility index (Phi) is 7.07. The van der Waals surface area contributed by atoms with Gasteiger partial charge in [-0.15, -0.1) is 0 Å². The van der Waals surface area contributed by atoms with Crippen LogP contribution in [-0.2, 0) is 4.75 Å². The lowest BCUT2D eigenvalue weighted by Crippen LogP contribution is -2.42. The van der Waals surface area contributed by atoms with Gasteiger partial charge >= 0.3 is 6.18 Å². The Bertz CT molecular complexity index is 1190. The number of carbonyl (C=O) groups is 1. The molecule has 4 rings (SSSR count). The lowest BCUT2D eigenvalue weighted by molar-refractivity contribution is -0.159. The fraction of sp³-hybridized carbons (Fsp3) is 0.364. The number of rotatable bonds is 3. The minimum Gasteiger partial charge on any atom is -0.338 e. The van der Waals surface area contributed by atoms with E-state index in [0.717, 1.165) is 12.1 Å². The number of benzene rings is 2. The van der Waals surface area contributed by atoms with Gasteiger partial charge in [0.15, 0.2) is 10.6 Å². The van der Waals surface area contributed by atoms with E-state index < -0.39 is 57.9 Å². The van der Waals surface area contributed by atoms with E-state index in [1.54, 1.807) is 0 Å². The summed E-state index contributed by atoms with van der Waals surface area (Å²) in [5.74, 6) is -4.39. The zero-order chi connectivity index (χ0) is 25.8. The Morgan fingerprint density at radius 3 is 2.14 bits per heavy atom. The van der Waals surface area contributed by atoms with E-state index in [9.17, 15) is 31.1 Å². The van der Waals surface area contributed by atoms with Crippen molar-refractivity contribution >= 4 is 58.4 Å². The largest absolute Gasteiger partial charge is 0.409 e. The van der Waals surface area contributed by atoms with Crippen molar-refractivity contribution in [1.29, 1.82) is 0 Å². The van der Waals surface area contributed by atoms with E-state index in [1.165, 1.54) is 23.1 Å². The molecule has 0 aromatic heterocycles. The average Bonchev–Trinajstić information content (AvgIpc) is 3.24. The van der Waals surface area contributed by atoms with E-state index in [-0.39, 0.29) is 52.5 Å². The van der Waals surface area contributed by atoms with Crippen molar-refractivity contribution in [3.63, 3.8) is 0 Å². The second-order valence-corrected chi connectivity index (χ2v) is 10.5. The van der Waals surface area contributed by atoms with Crippen molar-refractivity contribution in [3.05, 3.63) is 67.9 Å². The monoisotopic (exact) mass is 574 g/mol. The molecule has 3 nitrogen and oxygen atoms in total. The standard InChI is InChI=1S/C22H15Cl3F6N2OS/c23-14-7-11(1-2-13(14)19(34)33-5-3-20(27,28)4-6-33)17-10-21(35-32-17,22(29,30)31)12-8-15(24)18(26)16(25)9-12/h1-2,7-9H,3-6,10H2. The maximum absolute atomic E-state index is 14.3. The van der Waals surface area contributed by atoms with Gasteiger partial charge in [-0.1, -0.05) is 40.9 Å². The molecule has 1 saturated heterocycles. The topological polar surface area (TPSA) is 32.7 Å². The molecule has 0 radical (unpaired) electrons. The average molecular weight is 576 g/mol. The molecule has 0 bridgehead atoms. The van der Waals surface area contributed by atoms with Crippen LogP contribution in [0.2, 0.25) is 15.1 Å². The van der Waals surface area contributed by atoms with E-state index in [1.807, 2.05) is 0 Å². The van der Waals surface area contributed by atoms with Crippen molar-refractivity contribution < 1.29 is 31.1 Å². The van der Waals surface area contributed by atoms with Crippen LogP contribution in [-0.4, -0.2) is 41.7 Å². The molecule has 0 spiro atoms. The van der Waals surface area contributed by atoms with Gasteiger partial charge in [-0.2, -0.15) is 13.2 Å². The molecule has 1 atom stereocenters. The van der Waals surface area contributed by atoms with Crippen molar-refractivity contribution in [3.8, 4) is 0 Å². The minimum absolute atomic E-state index is 0.0439. The molecule has 35 heavy (non-hydrogen) atoms. The van der Waals surface area contributed by atoms with Gasteiger partial charge < -0.3 is 4.90 Å². The molecule has 2 aliphatic heterocycles. The number of nitrogens with zero attached hydrogens (tertiary/aromatic N) is 2. The highest BCUT2D eigenvalue weighted by molar-refractivity contribution is 7.99. The quantitative estimate of drug-likeness (QED) is 0.211. The van der Waals surface area contributed by atoms with Crippen LogP contribution in [0.3, 0.4) is 0 Å². The molecule has 1 amide bonds. The smallest absolute Gasteiger partial charge is 0.338 e. The molecule has 1 fully saturated rings. The molecule has 2 aromatic carbocycles. The summed E-state index contributed by atoms with van der Waals surface area (Å²) in [5, 5.41) is -1.15. The first-order chi connectivity index (χ1) is 16.2. The third-order valence-electron chi connectivity index (χ3n) is 5.95. The molecule has 2 aromatic rings. The Balaban J connectivity index is 1.60. The van der Waals surface area contributed by atoms with Gasteiger partial charge in [0.05, 0.1) is 26.3 Å². The van der Waals surface area contributed by atoms with Gasteiger partial charge in [0.25, 0.3) is 11.8 Å². The number of carbonyl (C=O) groups excluding carboxylic acids is 1. The van der Waals surface area contributed by atoms with Crippen LogP contribution in [0.25, 0.3) is 0 Å². The van der Waals surface area contributed by atoms with Crippen molar-refractivity contribution in [1.82, 2.24) is 4.90 Å². The second kappa shape index (κ2) is 9.36. The Morgan fingerprint density at radius 2 is 1.60 bits per heavy atom. The SMILES string of the molecule is O=C(c1ccc(C2=NSC(c3cc(Cl)c(F)c(Cl)c3)(C(F)(F)F)C2)cc1Cl)N1CCC(F)(F)CC1. The van der Waals surface area contributed by atoms with Gasteiger partial charge in [-0.3, -0.25) is 4.79 Å². The first-order valence-electron chi connectivity index (χ1n) is 10.2. The van der Waals surface area contributed by atoms with Crippen LogP contribution in [0.15, 0.2) is 34.7 Å². The summed E-state index contributed by atoms with van der Waals surface area (Å²) in [7, 11) is 0. The Hall–Kier alpha value is -1.62. The number of piperidine rings is 1. The highest BCUT2D eigenvalue weighted by Gasteiger charge is 2.60. The summed E-state index contributed by atoms with van der Waals surface area (Å²) in [6.07, 6.45) is -6.34. The summed E-state index contributed by atoms with van der Waals surface area (Å²) in [6, 6.07) is 5.79. The Labute approximate surface area is 215 Å². The van der Waals surface area contributed by atoms with Crippen LogP contribution >= 0.6 is 46.8 Å². The zero-order valence-corrected chi connectivity index (χ0v) is 20.6. The summed E-state index contributed by atoms with van der Waals surface area (Å²) in [4.78, 5) is 14.0. The van der Waals surface area contributed by atoms with Gasteiger partial charge in [-0.05, 0) is 47.3 Å². The predicted molar refractivity (Wildman–Crippen MR) is 124 cm³/mol. The highest BCUT2D eigenvalue weighted by Crippen LogP contribution is 2.57. The van der Waals surface area contributed by atoms with Crippen LogP contribution < -0.4 is 0 Å². The number of hydrogen-bond donors (Lipinski definition) is 0. The molecular weight excluding hydrogens is 561 g/mol. The van der Waals surface area contributed by atoms with E-state index in [0.29, 0.717) is 0 Å². The zero-order valence-electron chi connectivity index (χ0n) is 17.5. The third kappa shape index (κ3) is 4.99. The lowest BCUT2D eigenvalue weighted by Gasteiger charge is -2.32. The molecule has 2 heterocycles. The lowest BCUT2D eigenvalue weighted by atomic mass is 9.89. The van der Waals surface area contributed by atoms with Crippen LogP contribution in [0.4, 0.5) is 26.3 Å². The third-order valence-corrected chi connectivity index (χ3v) is 8.05. The summed E-state index contributed by atoms with van der Waals surface area (Å²) in [5.41, 5.74) is -0.0203. The van der Waals surface area contributed by atoms with Gasteiger partial charge in [0.2, 0.25) is 0 Å². The van der Waals surface area contributed by atoms with Crippen LogP contribution in [0.1, 0.15) is 40.7 Å². The number of alkyl halides is 5. The van der Waals surface area contributed by atoms with Gasteiger partial charge in [0, 0.05) is 32.4 Å². The molecule has 13 heteroatoms. The predicted octanol–water partition coefficient (Wildman–Crippen LogP) is 7.96. The first-order valence-corrected chi connectivity index (χ1v) is 12.1. The van der Waals surface area contributed by atoms with Crippen LogP contribution in [0, 0.1) is 5.82 Å². The number of amides is 1. The number of hydrogen-bond acceptors (Lipinski definition) is 3. The van der Waals surface area contributed by atoms with E-state index >= 15 is 0 Å². The fourth-order valence-corrected chi connectivity index (χ4v) is 5.64. The molecular formula is C22H15Cl3F6N2OS. The second-order valence-electron chi connectivity index (χ2n) is 8.23. The number of likely N-dealkylation sites (tertiary alicyclic amines) is 1. The van der Waals surface area contributed by atoms with Crippen molar-refractivity contribution in [2.75, 3.05) is 13.1 Å². The van der Waals surface area contributed by atoms with E-state index in [2.05, 4.69) is 4.40 Å². The number of halogens is 9. The fourth-order valence-electron chi connectivity index (χ4n) is 3.92. The molecule has 0 aliphatic carbocycles. The maximum atomic E-state index is 14.3. The molecule has 1 unspecified atom stereocenters.